The van der Waals surface area contributed by atoms with Gasteiger partial charge in [0.05, 0.1) is 0 Å². The van der Waals surface area contributed by atoms with E-state index in [0.29, 0.717) is 11.3 Å². The van der Waals surface area contributed by atoms with Gasteiger partial charge in [-0.1, -0.05) is 55.7 Å². The number of nitrogens with one attached hydrogen (secondary N) is 1. The highest BCUT2D eigenvalue weighted by Crippen LogP contribution is 2.20. The molecule has 1 saturated carbocycles. The molecular weight excluding hydrogens is 395 g/mol. The Hall–Kier alpha value is -2.89. The fraction of sp³-hybridized carbons (Fsp3) is 0.440. The number of carbonyl (C=O) groups is 2. The summed E-state index contributed by atoms with van der Waals surface area (Å²) in [6, 6.07) is 13.1. The van der Waals surface area contributed by atoms with Crippen LogP contribution in [-0.4, -0.2) is 35.4 Å². The molecule has 1 fully saturated rings. The summed E-state index contributed by atoms with van der Waals surface area (Å²) in [7, 11) is 0. The van der Waals surface area contributed by atoms with E-state index in [1.54, 1.807) is 31.2 Å². The molecule has 3 rings (SSSR count). The maximum Gasteiger partial charge on any atom is 0.261 e. The number of ether oxygens (including phenoxy) is 1. The Morgan fingerprint density at radius 1 is 1.10 bits per heavy atom. The van der Waals surface area contributed by atoms with E-state index in [2.05, 4.69) is 5.32 Å². The number of benzene rings is 2. The minimum atomic E-state index is -0.741. The van der Waals surface area contributed by atoms with Crippen molar-refractivity contribution in [3.63, 3.8) is 0 Å². The Morgan fingerprint density at radius 3 is 2.48 bits per heavy atom. The number of halogens is 1. The molecule has 0 heterocycles. The zero-order valence-electron chi connectivity index (χ0n) is 18.3. The van der Waals surface area contributed by atoms with Crippen molar-refractivity contribution in [2.24, 2.45) is 0 Å². The molecule has 1 aliphatic carbocycles. The highest BCUT2D eigenvalue weighted by atomic mass is 19.1. The van der Waals surface area contributed by atoms with Crippen LogP contribution in [0.25, 0.3) is 0 Å². The number of aryl methyl sites for hydroxylation is 1. The lowest BCUT2D eigenvalue weighted by molar-refractivity contribution is -0.142. The van der Waals surface area contributed by atoms with Crippen molar-refractivity contribution in [2.45, 2.75) is 64.6 Å². The maximum atomic E-state index is 14.3. The number of hydrogen-bond acceptors (Lipinski definition) is 3. The summed E-state index contributed by atoms with van der Waals surface area (Å²) >= 11 is 0. The standard InChI is InChI=1S/C25H31FN2O3/c1-18-10-6-9-15-23(18)31-17-24(29)28(16-20-11-7-8-14-22(20)26)19(2)25(30)27-21-12-4-3-5-13-21/h6-11,14-15,19,21H,3-5,12-13,16-17H2,1-2H3,(H,27,30). The molecule has 1 atom stereocenters. The Kier molecular flexibility index (Phi) is 8.04. The third-order valence-electron chi connectivity index (χ3n) is 5.86. The lowest BCUT2D eigenvalue weighted by atomic mass is 9.95. The van der Waals surface area contributed by atoms with Crippen LogP contribution < -0.4 is 10.1 Å². The van der Waals surface area contributed by atoms with Gasteiger partial charge in [-0.15, -0.1) is 0 Å². The van der Waals surface area contributed by atoms with E-state index in [9.17, 15) is 14.0 Å². The van der Waals surface area contributed by atoms with Crippen molar-refractivity contribution >= 4 is 11.8 Å². The van der Waals surface area contributed by atoms with Crippen LogP contribution in [0.3, 0.4) is 0 Å². The lowest BCUT2D eigenvalue weighted by Gasteiger charge is -2.31. The smallest absolute Gasteiger partial charge is 0.261 e. The zero-order valence-corrected chi connectivity index (χ0v) is 18.3. The van der Waals surface area contributed by atoms with Gasteiger partial charge < -0.3 is 15.0 Å². The average molecular weight is 427 g/mol. The molecule has 0 saturated heterocycles. The fourth-order valence-corrected chi connectivity index (χ4v) is 3.90. The molecule has 5 nitrogen and oxygen atoms in total. The first-order chi connectivity index (χ1) is 15.0. The van der Waals surface area contributed by atoms with E-state index >= 15 is 0 Å². The first kappa shape index (κ1) is 22.8. The quantitative estimate of drug-likeness (QED) is 0.682. The first-order valence-electron chi connectivity index (χ1n) is 11.0. The Bertz CT molecular complexity index is 896. The summed E-state index contributed by atoms with van der Waals surface area (Å²) in [5.74, 6) is -0.369. The van der Waals surface area contributed by atoms with Crippen LogP contribution in [0.1, 0.15) is 50.2 Å². The number of hydrogen-bond donors (Lipinski definition) is 1. The van der Waals surface area contributed by atoms with Gasteiger partial charge in [-0.3, -0.25) is 9.59 Å². The summed E-state index contributed by atoms with van der Waals surface area (Å²) in [6.07, 6.45) is 5.30. The van der Waals surface area contributed by atoms with Crippen LogP contribution in [0.2, 0.25) is 0 Å². The van der Waals surface area contributed by atoms with Crippen LogP contribution >= 0.6 is 0 Å². The zero-order chi connectivity index (χ0) is 22.2. The molecule has 1 unspecified atom stereocenters. The minimum Gasteiger partial charge on any atom is -0.484 e. The van der Waals surface area contributed by atoms with Crippen LogP contribution in [0, 0.1) is 12.7 Å². The SMILES string of the molecule is Cc1ccccc1OCC(=O)N(Cc1ccccc1F)C(C)C(=O)NC1CCCCC1. The first-order valence-corrected chi connectivity index (χ1v) is 11.0. The second-order valence-corrected chi connectivity index (χ2v) is 8.19. The Labute approximate surface area is 183 Å². The second kappa shape index (κ2) is 10.9. The third-order valence-corrected chi connectivity index (χ3v) is 5.86. The molecule has 1 aliphatic rings. The third kappa shape index (κ3) is 6.29. The van der Waals surface area contributed by atoms with Gasteiger partial charge in [0.2, 0.25) is 5.91 Å². The molecule has 0 spiro atoms. The van der Waals surface area contributed by atoms with E-state index in [1.807, 2.05) is 25.1 Å². The molecule has 2 amide bonds. The largest absolute Gasteiger partial charge is 0.484 e. The maximum absolute atomic E-state index is 14.3. The monoisotopic (exact) mass is 426 g/mol. The lowest BCUT2D eigenvalue weighted by Crippen LogP contribution is -2.51. The predicted octanol–water partition coefficient (Wildman–Crippen LogP) is 4.38. The molecule has 2 aromatic carbocycles. The Morgan fingerprint density at radius 2 is 1.77 bits per heavy atom. The number of para-hydroxylation sites is 1. The van der Waals surface area contributed by atoms with Crippen LogP contribution in [-0.2, 0) is 16.1 Å². The van der Waals surface area contributed by atoms with Crippen molar-refractivity contribution < 1.29 is 18.7 Å². The van der Waals surface area contributed by atoms with Gasteiger partial charge in [0.15, 0.2) is 6.61 Å². The summed E-state index contributed by atoms with van der Waals surface area (Å²) in [4.78, 5) is 27.4. The van der Waals surface area contributed by atoms with Crippen LogP contribution in [0.15, 0.2) is 48.5 Å². The Balaban J connectivity index is 1.72. The number of amides is 2. The normalized spacial score (nSPS) is 15.2. The van der Waals surface area contributed by atoms with Gasteiger partial charge in [-0.2, -0.15) is 0 Å². The molecule has 0 bridgehead atoms. The van der Waals surface area contributed by atoms with Gasteiger partial charge in [0, 0.05) is 18.2 Å². The molecule has 0 aromatic heterocycles. The van der Waals surface area contributed by atoms with Gasteiger partial charge in [0.1, 0.15) is 17.6 Å². The molecule has 0 aliphatic heterocycles. The summed E-state index contributed by atoms with van der Waals surface area (Å²) in [6.45, 7) is 3.37. The summed E-state index contributed by atoms with van der Waals surface area (Å²) < 4.78 is 20.0. The average Bonchev–Trinajstić information content (AvgIpc) is 2.78. The van der Waals surface area contributed by atoms with E-state index < -0.39 is 11.9 Å². The number of nitrogens with zero attached hydrogens (tertiary/aromatic N) is 1. The summed E-state index contributed by atoms with van der Waals surface area (Å²) in [5, 5.41) is 3.07. The molecule has 31 heavy (non-hydrogen) atoms. The number of rotatable bonds is 8. The van der Waals surface area contributed by atoms with Gasteiger partial charge in [0.25, 0.3) is 5.91 Å². The molecule has 6 heteroatoms. The van der Waals surface area contributed by atoms with Crippen LogP contribution in [0.4, 0.5) is 4.39 Å². The molecule has 1 N–H and O–H groups in total. The van der Waals surface area contributed by atoms with E-state index in [-0.39, 0.29) is 31.0 Å². The second-order valence-electron chi connectivity index (χ2n) is 8.19. The van der Waals surface area contributed by atoms with E-state index in [4.69, 9.17) is 4.74 Å². The highest BCUT2D eigenvalue weighted by Gasteiger charge is 2.29. The summed E-state index contributed by atoms with van der Waals surface area (Å²) in [5.41, 5.74) is 1.28. The molecule has 0 radical (unpaired) electrons. The van der Waals surface area contributed by atoms with E-state index in [0.717, 1.165) is 31.2 Å². The molecule has 166 valence electrons. The van der Waals surface area contributed by atoms with Crippen molar-refractivity contribution in [1.82, 2.24) is 10.2 Å². The predicted molar refractivity (Wildman–Crippen MR) is 118 cm³/mol. The fourth-order valence-electron chi connectivity index (χ4n) is 3.90. The van der Waals surface area contributed by atoms with Crippen molar-refractivity contribution in [3.8, 4) is 5.75 Å². The minimum absolute atomic E-state index is 0.00188. The van der Waals surface area contributed by atoms with Crippen molar-refractivity contribution in [2.75, 3.05) is 6.61 Å². The molecule has 2 aromatic rings. The highest BCUT2D eigenvalue weighted by molar-refractivity contribution is 5.88. The van der Waals surface area contributed by atoms with E-state index in [1.165, 1.54) is 17.4 Å². The van der Waals surface area contributed by atoms with Crippen molar-refractivity contribution in [3.05, 3.63) is 65.5 Å². The van der Waals surface area contributed by atoms with Gasteiger partial charge in [-0.25, -0.2) is 4.39 Å². The van der Waals surface area contributed by atoms with Gasteiger partial charge in [-0.05, 0) is 44.4 Å². The van der Waals surface area contributed by atoms with Crippen LogP contribution in [0.5, 0.6) is 5.75 Å². The number of carbonyl (C=O) groups excluding carboxylic acids is 2. The van der Waals surface area contributed by atoms with Gasteiger partial charge >= 0.3 is 0 Å². The topological polar surface area (TPSA) is 58.6 Å². The van der Waals surface area contributed by atoms with Crippen molar-refractivity contribution in [1.29, 1.82) is 0 Å². The molecular formula is C25H31FN2O3.